The summed E-state index contributed by atoms with van der Waals surface area (Å²) >= 11 is 0. The molecule has 0 amide bonds. The van der Waals surface area contributed by atoms with Crippen molar-refractivity contribution in [3.05, 3.63) is 83.8 Å². The zero-order valence-corrected chi connectivity index (χ0v) is 19.0. The Hall–Kier alpha value is -3.37. The molecule has 5 aromatic rings. The van der Waals surface area contributed by atoms with Crippen LogP contribution in [-0.4, -0.2) is 32.6 Å². The first-order valence-corrected chi connectivity index (χ1v) is 11.4. The van der Waals surface area contributed by atoms with Crippen molar-refractivity contribution in [3.8, 4) is 16.8 Å². The molecule has 0 radical (unpaired) electrons. The minimum Gasteiger partial charge on any atom is -0.351 e. The summed E-state index contributed by atoms with van der Waals surface area (Å²) in [5.41, 5.74) is 11.3. The summed E-state index contributed by atoms with van der Waals surface area (Å²) in [5.74, 6) is 0. The summed E-state index contributed by atoms with van der Waals surface area (Å²) in [7, 11) is 4.32. The van der Waals surface area contributed by atoms with Gasteiger partial charge in [0.15, 0.2) is 0 Å². The quantitative estimate of drug-likeness (QED) is 0.357. The van der Waals surface area contributed by atoms with Crippen molar-refractivity contribution in [3.63, 3.8) is 0 Å². The summed E-state index contributed by atoms with van der Waals surface area (Å²) < 4.78 is 4.66. The second-order valence-corrected chi connectivity index (χ2v) is 9.14. The Morgan fingerprint density at radius 3 is 2.66 bits per heavy atom. The third kappa shape index (κ3) is 2.98. The SMILES string of the molecule is Cc1ccc2c(n1)c1c(n2-c2ccccc2-c2ccc3c(ccn3C)c2)CCCN(C)C1. The molecule has 0 aliphatic carbocycles. The van der Waals surface area contributed by atoms with Crippen molar-refractivity contribution in [2.75, 3.05) is 13.6 Å². The van der Waals surface area contributed by atoms with E-state index in [1.807, 2.05) is 0 Å². The summed E-state index contributed by atoms with van der Waals surface area (Å²) in [6.45, 7) is 4.16. The molecule has 4 heteroatoms. The van der Waals surface area contributed by atoms with E-state index in [1.54, 1.807) is 0 Å². The number of rotatable bonds is 2. The molecule has 0 N–H and O–H groups in total. The highest BCUT2D eigenvalue weighted by Gasteiger charge is 2.24. The molecule has 0 saturated carbocycles. The number of nitrogens with zero attached hydrogens (tertiary/aromatic N) is 4. The average Bonchev–Trinajstić information content (AvgIpc) is 3.23. The highest BCUT2D eigenvalue weighted by molar-refractivity contribution is 5.90. The Kier molecular flexibility index (Phi) is 4.44. The Bertz CT molecular complexity index is 1470. The highest BCUT2D eigenvalue weighted by atomic mass is 15.1. The second-order valence-electron chi connectivity index (χ2n) is 9.14. The molecule has 160 valence electrons. The van der Waals surface area contributed by atoms with Crippen LogP contribution in [-0.2, 0) is 20.0 Å². The van der Waals surface area contributed by atoms with Crippen molar-refractivity contribution in [2.24, 2.45) is 7.05 Å². The fraction of sp³-hybridized carbons (Fsp3) is 0.250. The number of benzene rings is 2. The minimum atomic E-state index is 0.952. The van der Waals surface area contributed by atoms with Crippen LogP contribution in [0.5, 0.6) is 0 Å². The van der Waals surface area contributed by atoms with Crippen molar-refractivity contribution in [2.45, 2.75) is 26.3 Å². The monoisotopic (exact) mass is 420 g/mol. The summed E-state index contributed by atoms with van der Waals surface area (Å²) in [5, 5.41) is 1.27. The van der Waals surface area contributed by atoms with Gasteiger partial charge in [-0.15, -0.1) is 0 Å². The molecule has 1 aliphatic rings. The Morgan fingerprint density at radius 1 is 0.906 bits per heavy atom. The van der Waals surface area contributed by atoms with Crippen LogP contribution in [0.3, 0.4) is 0 Å². The first-order valence-electron chi connectivity index (χ1n) is 11.4. The minimum absolute atomic E-state index is 0.952. The maximum absolute atomic E-state index is 5.01. The van der Waals surface area contributed by atoms with Crippen molar-refractivity contribution < 1.29 is 0 Å². The van der Waals surface area contributed by atoms with Gasteiger partial charge in [-0.05, 0) is 75.3 Å². The van der Waals surface area contributed by atoms with Crippen molar-refractivity contribution >= 4 is 21.9 Å². The second kappa shape index (κ2) is 7.35. The van der Waals surface area contributed by atoms with E-state index >= 15 is 0 Å². The molecule has 6 rings (SSSR count). The molecule has 4 heterocycles. The summed E-state index contributed by atoms with van der Waals surface area (Å²) in [6.07, 6.45) is 4.36. The number of hydrogen-bond acceptors (Lipinski definition) is 2. The lowest BCUT2D eigenvalue weighted by Crippen LogP contribution is -2.17. The smallest absolute Gasteiger partial charge is 0.0935 e. The van der Waals surface area contributed by atoms with E-state index in [9.17, 15) is 0 Å². The van der Waals surface area contributed by atoms with E-state index in [-0.39, 0.29) is 0 Å². The van der Waals surface area contributed by atoms with Gasteiger partial charge in [-0.2, -0.15) is 0 Å². The summed E-state index contributed by atoms with van der Waals surface area (Å²) in [4.78, 5) is 7.43. The van der Waals surface area contributed by atoms with Gasteiger partial charge in [0.25, 0.3) is 0 Å². The maximum Gasteiger partial charge on any atom is 0.0935 e. The van der Waals surface area contributed by atoms with Crippen molar-refractivity contribution in [1.82, 2.24) is 19.0 Å². The lowest BCUT2D eigenvalue weighted by molar-refractivity contribution is 0.333. The van der Waals surface area contributed by atoms with E-state index in [0.717, 1.165) is 37.1 Å². The fourth-order valence-electron chi connectivity index (χ4n) is 5.30. The molecule has 0 fully saturated rings. The standard InChI is InChI=1S/C28H28N4/c1-19-10-12-27-28(29-19)23-18-30(2)15-6-9-26(23)32(27)25-8-5-4-7-22(25)20-11-13-24-21(17-20)14-16-31(24)3/h4-5,7-8,10-14,16-17H,6,9,15,18H2,1-3H3. The fourth-order valence-corrected chi connectivity index (χ4v) is 5.30. The third-order valence-electron chi connectivity index (χ3n) is 6.88. The van der Waals surface area contributed by atoms with E-state index < -0.39 is 0 Å². The van der Waals surface area contributed by atoms with E-state index in [4.69, 9.17) is 4.98 Å². The van der Waals surface area contributed by atoms with Crippen LogP contribution in [0, 0.1) is 6.92 Å². The first-order chi connectivity index (χ1) is 15.6. The van der Waals surface area contributed by atoms with Gasteiger partial charge in [-0.1, -0.05) is 24.3 Å². The van der Waals surface area contributed by atoms with Crippen LogP contribution in [0.1, 0.15) is 23.4 Å². The van der Waals surface area contributed by atoms with Gasteiger partial charge in [0.05, 0.1) is 16.7 Å². The van der Waals surface area contributed by atoms with Crippen LogP contribution in [0.25, 0.3) is 38.8 Å². The van der Waals surface area contributed by atoms with Gasteiger partial charge in [0.2, 0.25) is 0 Å². The number of aromatic nitrogens is 3. The topological polar surface area (TPSA) is 26.0 Å². The van der Waals surface area contributed by atoms with E-state index in [1.165, 1.54) is 44.5 Å². The van der Waals surface area contributed by atoms with Crippen molar-refractivity contribution in [1.29, 1.82) is 0 Å². The maximum atomic E-state index is 5.01. The molecule has 0 spiro atoms. The molecule has 0 bridgehead atoms. The molecule has 3 aromatic heterocycles. The molecule has 32 heavy (non-hydrogen) atoms. The molecule has 1 aliphatic heterocycles. The molecule has 2 aromatic carbocycles. The number of aryl methyl sites for hydroxylation is 2. The Morgan fingerprint density at radius 2 is 1.75 bits per heavy atom. The Balaban J connectivity index is 1.63. The van der Waals surface area contributed by atoms with Crippen LogP contribution in [0.4, 0.5) is 0 Å². The lowest BCUT2D eigenvalue weighted by Gasteiger charge is -2.16. The number of fused-ring (bicyclic) bond motifs is 4. The van der Waals surface area contributed by atoms with Gasteiger partial charge in [0, 0.05) is 53.2 Å². The molecule has 4 nitrogen and oxygen atoms in total. The lowest BCUT2D eigenvalue weighted by atomic mass is 10.0. The summed E-state index contributed by atoms with van der Waals surface area (Å²) in [6, 6.07) is 22.2. The van der Waals surface area contributed by atoms with E-state index in [2.05, 4.69) is 102 Å². The van der Waals surface area contributed by atoms with E-state index in [0.29, 0.717) is 0 Å². The zero-order chi connectivity index (χ0) is 21.8. The third-order valence-corrected chi connectivity index (χ3v) is 6.88. The zero-order valence-electron chi connectivity index (χ0n) is 19.0. The molecule has 0 unspecified atom stereocenters. The van der Waals surface area contributed by atoms with Crippen LogP contribution in [0.15, 0.2) is 66.9 Å². The van der Waals surface area contributed by atoms with Gasteiger partial charge >= 0.3 is 0 Å². The number of hydrogen-bond donors (Lipinski definition) is 0. The molecule has 0 atom stereocenters. The normalized spacial score (nSPS) is 14.7. The highest BCUT2D eigenvalue weighted by Crippen LogP contribution is 2.36. The predicted molar refractivity (Wildman–Crippen MR) is 132 cm³/mol. The molecular weight excluding hydrogens is 392 g/mol. The van der Waals surface area contributed by atoms with Crippen LogP contribution >= 0.6 is 0 Å². The van der Waals surface area contributed by atoms with Crippen LogP contribution in [0.2, 0.25) is 0 Å². The number of pyridine rings is 1. The largest absolute Gasteiger partial charge is 0.351 e. The number of para-hydroxylation sites is 1. The first kappa shape index (κ1) is 19.3. The van der Waals surface area contributed by atoms with Crippen LogP contribution < -0.4 is 0 Å². The Labute approximate surface area is 188 Å². The molecule has 0 saturated heterocycles. The van der Waals surface area contributed by atoms with Gasteiger partial charge in [-0.25, -0.2) is 0 Å². The molecular formula is C28H28N4. The predicted octanol–water partition coefficient (Wildman–Crippen LogP) is 5.87. The average molecular weight is 421 g/mol. The van der Waals surface area contributed by atoms with Gasteiger partial charge in [0.1, 0.15) is 0 Å². The van der Waals surface area contributed by atoms with Gasteiger partial charge in [-0.3, -0.25) is 4.98 Å². The van der Waals surface area contributed by atoms with Gasteiger partial charge < -0.3 is 14.0 Å².